The van der Waals surface area contributed by atoms with Crippen molar-refractivity contribution in [2.75, 3.05) is 61.5 Å². The van der Waals surface area contributed by atoms with Gasteiger partial charge in [0.05, 0.1) is 24.4 Å². The molecule has 2 amide bonds. The van der Waals surface area contributed by atoms with Gasteiger partial charge in [-0.25, -0.2) is 15.0 Å². The molecule has 4 aliphatic heterocycles. The average molecular weight is 494 g/mol. The van der Waals surface area contributed by atoms with Crippen molar-refractivity contribution in [2.24, 2.45) is 0 Å². The van der Waals surface area contributed by atoms with Crippen molar-refractivity contribution in [3.05, 3.63) is 18.0 Å². The molecule has 0 spiro atoms. The molecule has 3 saturated heterocycles. The Bertz CT molecular complexity index is 1180. The minimum atomic E-state index is -0.405. The van der Waals surface area contributed by atoms with Crippen molar-refractivity contribution < 1.29 is 14.3 Å². The van der Waals surface area contributed by atoms with Gasteiger partial charge in [0.1, 0.15) is 11.9 Å². The molecule has 12 heteroatoms. The fourth-order valence-corrected chi connectivity index (χ4v) is 5.75. The number of amides is 2. The number of aromatic nitrogens is 4. The maximum Gasteiger partial charge on any atom is 0.245 e. The number of hydrogen-bond acceptors (Lipinski definition) is 10. The zero-order chi connectivity index (χ0) is 24.9. The third kappa shape index (κ3) is 3.98. The number of nitrogens with two attached hydrogens (primary N) is 1. The van der Waals surface area contributed by atoms with Crippen molar-refractivity contribution in [3.63, 3.8) is 0 Å². The van der Waals surface area contributed by atoms with Crippen LogP contribution < -0.4 is 20.9 Å². The van der Waals surface area contributed by atoms with E-state index in [-0.39, 0.29) is 23.3 Å². The summed E-state index contributed by atoms with van der Waals surface area (Å²) in [6.45, 7) is 6.96. The van der Waals surface area contributed by atoms with Gasteiger partial charge >= 0.3 is 0 Å². The summed E-state index contributed by atoms with van der Waals surface area (Å²) in [6.07, 6.45) is 6.03. The Morgan fingerprint density at radius 2 is 1.92 bits per heavy atom. The Morgan fingerprint density at radius 3 is 2.64 bits per heavy atom. The van der Waals surface area contributed by atoms with Gasteiger partial charge in [-0.05, 0) is 26.2 Å². The van der Waals surface area contributed by atoms with Crippen molar-refractivity contribution in [2.45, 2.75) is 44.2 Å². The van der Waals surface area contributed by atoms with Crippen LogP contribution in [0.15, 0.2) is 12.4 Å². The van der Waals surface area contributed by atoms with Crippen molar-refractivity contribution in [3.8, 4) is 11.3 Å². The Balaban J connectivity index is 1.33. The van der Waals surface area contributed by atoms with Gasteiger partial charge in [0.25, 0.3) is 0 Å². The SMILES string of the molecule is C[C@]1(N2CCc3c(-c4cnc(N)nc4)nc(N4CCOCC4)nc32)CCN(C(=O)[C@H]2CCC(=O)N2)C1. The summed E-state index contributed by atoms with van der Waals surface area (Å²) >= 11 is 0. The van der Waals surface area contributed by atoms with Crippen LogP contribution in [0.2, 0.25) is 0 Å². The molecular formula is C24H31N9O3. The lowest BCUT2D eigenvalue weighted by Crippen LogP contribution is -2.50. The molecule has 0 bridgehead atoms. The number of hydrogen-bond donors (Lipinski definition) is 2. The number of nitrogen functional groups attached to an aromatic ring is 1. The summed E-state index contributed by atoms with van der Waals surface area (Å²) in [7, 11) is 0. The normalized spacial score (nSPS) is 25.9. The first-order chi connectivity index (χ1) is 17.4. The summed E-state index contributed by atoms with van der Waals surface area (Å²) in [4.78, 5) is 49.5. The number of nitrogens with one attached hydrogen (secondary N) is 1. The molecule has 190 valence electrons. The Labute approximate surface area is 209 Å². The van der Waals surface area contributed by atoms with Crippen molar-refractivity contribution in [1.29, 1.82) is 0 Å². The predicted octanol–water partition coefficient (Wildman–Crippen LogP) is -0.0155. The lowest BCUT2D eigenvalue weighted by molar-refractivity contribution is -0.133. The molecule has 12 nitrogen and oxygen atoms in total. The topological polar surface area (TPSA) is 143 Å². The smallest absolute Gasteiger partial charge is 0.245 e. The first kappa shape index (κ1) is 22.9. The summed E-state index contributed by atoms with van der Waals surface area (Å²) in [5, 5.41) is 2.82. The van der Waals surface area contributed by atoms with E-state index in [1.54, 1.807) is 12.4 Å². The molecule has 6 heterocycles. The van der Waals surface area contributed by atoms with E-state index >= 15 is 0 Å². The fourth-order valence-electron chi connectivity index (χ4n) is 5.75. The minimum absolute atomic E-state index is 0.0143. The maximum atomic E-state index is 13.1. The second kappa shape index (κ2) is 8.84. The highest BCUT2D eigenvalue weighted by Gasteiger charge is 2.46. The average Bonchev–Trinajstić information content (AvgIpc) is 3.63. The Morgan fingerprint density at radius 1 is 1.14 bits per heavy atom. The van der Waals surface area contributed by atoms with Crippen LogP contribution in [0.1, 0.15) is 31.7 Å². The molecule has 36 heavy (non-hydrogen) atoms. The molecule has 4 aliphatic rings. The third-order valence-electron chi connectivity index (χ3n) is 7.76. The van der Waals surface area contributed by atoms with Crippen LogP contribution in [-0.2, 0) is 20.7 Å². The summed E-state index contributed by atoms with van der Waals surface area (Å²) in [6, 6.07) is -0.405. The minimum Gasteiger partial charge on any atom is -0.378 e. The van der Waals surface area contributed by atoms with Crippen molar-refractivity contribution in [1.82, 2.24) is 30.2 Å². The standard InChI is InChI=1S/C24H31N9O3/c1-24(5-7-32(14-24)21(35)17-2-3-18(34)28-17)33-6-4-16-19(15-12-26-22(25)27-13-15)29-23(30-20(16)33)31-8-10-36-11-9-31/h12-13,17H,2-11,14H2,1H3,(H,28,34)(H2,25,26,27)/t17-,24+/m1/s1. The van der Waals surface area contributed by atoms with E-state index in [0.29, 0.717) is 45.1 Å². The number of likely N-dealkylation sites (tertiary alicyclic amines) is 1. The number of anilines is 3. The molecule has 6 rings (SSSR count). The second-order valence-electron chi connectivity index (χ2n) is 10.2. The number of carbonyl (C=O) groups is 2. The molecule has 3 N–H and O–H groups in total. The van der Waals surface area contributed by atoms with Gasteiger partial charge in [0.2, 0.25) is 23.7 Å². The zero-order valence-corrected chi connectivity index (χ0v) is 20.4. The van der Waals surface area contributed by atoms with E-state index < -0.39 is 6.04 Å². The first-order valence-corrected chi connectivity index (χ1v) is 12.6. The van der Waals surface area contributed by atoms with Gasteiger partial charge in [0.15, 0.2) is 0 Å². The monoisotopic (exact) mass is 493 g/mol. The lowest BCUT2D eigenvalue weighted by Gasteiger charge is -2.37. The van der Waals surface area contributed by atoms with Crippen LogP contribution in [0.25, 0.3) is 11.3 Å². The second-order valence-corrected chi connectivity index (χ2v) is 10.2. The van der Waals surface area contributed by atoms with Gasteiger partial charge in [-0.2, -0.15) is 4.98 Å². The zero-order valence-electron chi connectivity index (χ0n) is 20.4. The fraction of sp³-hybridized carbons (Fsp3) is 0.583. The molecule has 0 aliphatic carbocycles. The molecule has 0 aromatic carbocycles. The van der Waals surface area contributed by atoms with Gasteiger partial charge in [-0.3, -0.25) is 9.59 Å². The van der Waals surface area contributed by atoms with Crippen molar-refractivity contribution >= 4 is 29.5 Å². The Kier molecular flexibility index (Phi) is 5.62. The van der Waals surface area contributed by atoms with E-state index in [2.05, 4.69) is 32.0 Å². The number of nitrogens with zero attached hydrogens (tertiary/aromatic N) is 7. The van der Waals surface area contributed by atoms with Gasteiger partial charge < -0.3 is 30.5 Å². The van der Waals surface area contributed by atoms with E-state index in [1.165, 1.54) is 0 Å². The number of fused-ring (bicyclic) bond motifs is 1. The third-order valence-corrected chi connectivity index (χ3v) is 7.76. The summed E-state index contributed by atoms with van der Waals surface area (Å²) in [5.74, 6) is 1.76. The molecule has 2 aromatic heterocycles. The van der Waals surface area contributed by atoms with Crippen LogP contribution in [-0.4, -0.2) is 94.2 Å². The molecule has 0 unspecified atom stereocenters. The highest BCUT2D eigenvalue weighted by atomic mass is 16.5. The van der Waals surface area contributed by atoms with Crippen LogP contribution in [0.5, 0.6) is 0 Å². The van der Waals surface area contributed by atoms with Crippen LogP contribution in [0.4, 0.5) is 17.7 Å². The quantitative estimate of drug-likeness (QED) is 0.597. The van der Waals surface area contributed by atoms with Gasteiger partial charge in [-0.15, -0.1) is 0 Å². The summed E-state index contributed by atoms with van der Waals surface area (Å²) in [5.41, 5.74) is 8.17. The van der Waals surface area contributed by atoms with E-state index in [1.807, 2.05) is 4.90 Å². The number of rotatable bonds is 4. The molecule has 0 saturated carbocycles. The lowest BCUT2D eigenvalue weighted by atomic mass is 9.99. The van der Waals surface area contributed by atoms with E-state index in [9.17, 15) is 9.59 Å². The molecular weight excluding hydrogens is 462 g/mol. The number of carbonyl (C=O) groups excluding carboxylic acids is 2. The highest BCUT2D eigenvalue weighted by Crippen LogP contribution is 2.41. The van der Waals surface area contributed by atoms with E-state index in [4.69, 9.17) is 20.4 Å². The van der Waals surface area contributed by atoms with Gasteiger partial charge in [0, 0.05) is 62.7 Å². The van der Waals surface area contributed by atoms with E-state index in [0.717, 1.165) is 55.1 Å². The molecule has 3 fully saturated rings. The first-order valence-electron chi connectivity index (χ1n) is 12.6. The van der Waals surface area contributed by atoms with Crippen LogP contribution in [0.3, 0.4) is 0 Å². The largest absolute Gasteiger partial charge is 0.378 e. The molecule has 0 radical (unpaired) electrons. The Hall–Kier alpha value is -3.54. The maximum absolute atomic E-state index is 13.1. The van der Waals surface area contributed by atoms with Crippen LogP contribution >= 0.6 is 0 Å². The molecule has 2 atom stereocenters. The summed E-state index contributed by atoms with van der Waals surface area (Å²) < 4.78 is 5.54. The predicted molar refractivity (Wildman–Crippen MR) is 132 cm³/mol. The number of ether oxygens (including phenoxy) is 1. The van der Waals surface area contributed by atoms with Gasteiger partial charge in [-0.1, -0.05) is 0 Å². The van der Waals surface area contributed by atoms with Crippen LogP contribution in [0, 0.1) is 0 Å². The molecule has 2 aromatic rings. The highest BCUT2D eigenvalue weighted by molar-refractivity contribution is 5.91. The number of morpholine rings is 1.